The minimum absolute atomic E-state index is 0.251. The SMILES string of the molecule is CCCn1c(C)nnc1CN1CCCC[C@@H]1CO. The number of nitrogens with zero attached hydrogens (tertiary/aromatic N) is 4. The van der Waals surface area contributed by atoms with Gasteiger partial charge in [0.25, 0.3) is 0 Å². The number of aromatic nitrogens is 3. The molecule has 1 aromatic heterocycles. The molecule has 0 bridgehead atoms. The van der Waals surface area contributed by atoms with Crippen LogP contribution in [0.15, 0.2) is 0 Å². The largest absolute Gasteiger partial charge is 0.395 e. The van der Waals surface area contributed by atoms with Gasteiger partial charge in [0, 0.05) is 12.6 Å². The second-order valence-corrected chi connectivity index (χ2v) is 5.12. The maximum absolute atomic E-state index is 9.43. The molecule has 102 valence electrons. The van der Waals surface area contributed by atoms with Gasteiger partial charge in [-0.1, -0.05) is 13.3 Å². The maximum Gasteiger partial charge on any atom is 0.147 e. The Labute approximate surface area is 109 Å². The van der Waals surface area contributed by atoms with Gasteiger partial charge < -0.3 is 9.67 Å². The minimum Gasteiger partial charge on any atom is -0.395 e. The fourth-order valence-corrected chi connectivity index (χ4v) is 2.71. The number of hydrogen-bond acceptors (Lipinski definition) is 4. The molecular formula is C13H24N4O. The Morgan fingerprint density at radius 1 is 1.33 bits per heavy atom. The summed E-state index contributed by atoms with van der Waals surface area (Å²) in [5.41, 5.74) is 0. The van der Waals surface area contributed by atoms with Crippen molar-refractivity contribution in [3.05, 3.63) is 11.6 Å². The topological polar surface area (TPSA) is 54.2 Å². The summed E-state index contributed by atoms with van der Waals surface area (Å²) in [6.07, 6.45) is 4.63. The lowest BCUT2D eigenvalue weighted by Crippen LogP contribution is -2.41. The molecule has 0 unspecified atom stereocenters. The van der Waals surface area contributed by atoms with Crippen molar-refractivity contribution in [2.45, 2.75) is 58.7 Å². The predicted molar refractivity (Wildman–Crippen MR) is 70.2 cm³/mol. The van der Waals surface area contributed by atoms with Gasteiger partial charge in [0.2, 0.25) is 0 Å². The quantitative estimate of drug-likeness (QED) is 0.859. The average molecular weight is 252 g/mol. The molecule has 1 aromatic rings. The van der Waals surface area contributed by atoms with Crippen molar-refractivity contribution in [3.8, 4) is 0 Å². The molecule has 1 N–H and O–H groups in total. The van der Waals surface area contributed by atoms with Crippen LogP contribution in [0.2, 0.25) is 0 Å². The van der Waals surface area contributed by atoms with Crippen molar-refractivity contribution in [3.63, 3.8) is 0 Å². The van der Waals surface area contributed by atoms with Crippen LogP contribution in [0.25, 0.3) is 0 Å². The Kier molecular flexibility index (Phi) is 4.72. The van der Waals surface area contributed by atoms with Crippen molar-refractivity contribution < 1.29 is 5.11 Å². The van der Waals surface area contributed by atoms with E-state index in [2.05, 4.69) is 26.6 Å². The van der Waals surface area contributed by atoms with Crippen LogP contribution in [0.1, 0.15) is 44.3 Å². The summed E-state index contributed by atoms with van der Waals surface area (Å²) in [6.45, 7) is 7.27. The predicted octanol–water partition coefficient (Wildman–Crippen LogP) is 1.34. The van der Waals surface area contributed by atoms with Gasteiger partial charge in [-0.3, -0.25) is 4.90 Å². The molecule has 18 heavy (non-hydrogen) atoms. The number of hydrogen-bond donors (Lipinski definition) is 1. The van der Waals surface area contributed by atoms with Crippen LogP contribution in [0, 0.1) is 6.92 Å². The van der Waals surface area contributed by atoms with Crippen LogP contribution in [-0.4, -0.2) is 44.0 Å². The summed E-state index contributed by atoms with van der Waals surface area (Å²) in [7, 11) is 0. The molecule has 0 aliphatic carbocycles. The van der Waals surface area contributed by atoms with Crippen LogP contribution in [0.4, 0.5) is 0 Å². The third-order valence-corrected chi connectivity index (χ3v) is 3.76. The molecule has 0 spiro atoms. The summed E-state index contributed by atoms with van der Waals surface area (Å²) in [4.78, 5) is 2.35. The highest BCUT2D eigenvalue weighted by molar-refractivity contribution is 4.95. The number of aliphatic hydroxyl groups is 1. The maximum atomic E-state index is 9.43. The average Bonchev–Trinajstić information content (AvgIpc) is 2.73. The Balaban J connectivity index is 2.07. The van der Waals surface area contributed by atoms with Crippen LogP contribution < -0.4 is 0 Å². The Morgan fingerprint density at radius 3 is 2.89 bits per heavy atom. The normalized spacial score (nSPS) is 21.4. The van der Waals surface area contributed by atoms with E-state index in [4.69, 9.17) is 0 Å². The molecule has 1 atom stereocenters. The highest BCUT2D eigenvalue weighted by Gasteiger charge is 2.23. The molecular weight excluding hydrogens is 228 g/mol. The molecule has 1 saturated heterocycles. The molecule has 0 amide bonds. The van der Waals surface area contributed by atoms with Gasteiger partial charge >= 0.3 is 0 Å². The lowest BCUT2D eigenvalue weighted by Gasteiger charge is -2.34. The summed E-state index contributed by atoms with van der Waals surface area (Å²) in [5.74, 6) is 2.03. The van der Waals surface area contributed by atoms with Crippen LogP contribution >= 0.6 is 0 Å². The zero-order valence-electron chi connectivity index (χ0n) is 11.5. The first kappa shape index (κ1) is 13.5. The fourth-order valence-electron chi connectivity index (χ4n) is 2.71. The van der Waals surface area contributed by atoms with Gasteiger partial charge in [0.15, 0.2) is 0 Å². The van der Waals surface area contributed by atoms with E-state index in [9.17, 15) is 5.11 Å². The molecule has 0 saturated carbocycles. The van der Waals surface area contributed by atoms with Gasteiger partial charge in [-0.05, 0) is 32.7 Å². The van der Waals surface area contributed by atoms with Crippen molar-refractivity contribution in [1.29, 1.82) is 0 Å². The van der Waals surface area contributed by atoms with E-state index in [-0.39, 0.29) is 6.61 Å². The second kappa shape index (κ2) is 6.29. The number of aryl methyl sites for hydroxylation is 1. The Hall–Kier alpha value is -0.940. The highest BCUT2D eigenvalue weighted by atomic mass is 16.3. The molecule has 1 aliphatic heterocycles. The Morgan fingerprint density at radius 2 is 2.17 bits per heavy atom. The highest BCUT2D eigenvalue weighted by Crippen LogP contribution is 2.19. The fraction of sp³-hybridized carbons (Fsp3) is 0.846. The van der Waals surface area contributed by atoms with Crippen molar-refractivity contribution >= 4 is 0 Å². The third-order valence-electron chi connectivity index (χ3n) is 3.76. The molecule has 2 rings (SSSR count). The monoisotopic (exact) mass is 252 g/mol. The van der Waals surface area contributed by atoms with Crippen LogP contribution in [-0.2, 0) is 13.1 Å². The second-order valence-electron chi connectivity index (χ2n) is 5.12. The lowest BCUT2D eigenvalue weighted by molar-refractivity contribution is 0.0808. The Bertz CT molecular complexity index is 377. The summed E-state index contributed by atoms with van der Waals surface area (Å²) < 4.78 is 2.20. The summed E-state index contributed by atoms with van der Waals surface area (Å²) >= 11 is 0. The van der Waals surface area contributed by atoms with E-state index >= 15 is 0 Å². The minimum atomic E-state index is 0.251. The van der Waals surface area contributed by atoms with Crippen molar-refractivity contribution in [2.24, 2.45) is 0 Å². The molecule has 5 nitrogen and oxygen atoms in total. The van der Waals surface area contributed by atoms with E-state index in [0.717, 1.165) is 44.1 Å². The zero-order chi connectivity index (χ0) is 13.0. The molecule has 5 heteroatoms. The number of likely N-dealkylation sites (tertiary alicyclic amines) is 1. The van der Waals surface area contributed by atoms with E-state index < -0.39 is 0 Å². The van der Waals surface area contributed by atoms with Gasteiger partial charge in [-0.2, -0.15) is 0 Å². The smallest absolute Gasteiger partial charge is 0.147 e. The van der Waals surface area contributed by atoms with Crippen molar-refractivity contribution in [2.75, 3.05) is 13.2 Å². The molecule has 0 radical (unpaired) electrons. The van der Waals surface area contributed by atoms with Crippen molar-refractivity contribution in [1.82, 2.24) is 19.7 Å². The molecule has 2 heterocycles. The molecule has 1 aliphatic rings. The first-order valence-corrected chi connectivity index (χ1v) is 6.99. The first-order chi connectivity index (χ1) is 8.76. The van der Waals surface area contributed by atoms with Gasteiger partial charge in [0.05, 0.1) is 13.2 Å². The van der Waals surface area contributed by atoms with Gasteiger partial charge in [-0.15, -0.1) is 10.2 Å². The number of aliphatic hydroxyl groups excluding tert-OH is 1. The van der Waals surface area contributed by atoms with Gasteiger partial charge in [-0.25, -0.2) is 0 Å². The molecule has 0 aromatic carbocycles. The number of piperidine rings is 1. The lowest BCUT2D eigenvalue weighted by atomic mass is 10.0. The zero-order valence-corrected chi connectivity index (χ0v) is 11.5. The van der Waals surface area contributed by atoms with Crippen LogP contribution in [0.5, 0.6) is 0 Å². The van der Waals surface area contributed by atoms with Crippen LogP contribution in [0.3, 0.4) is 0 Å². The van der Waals surface area contributed by atoms with E-state index in [1.54, 1.807) is 0 Å². The third kappa shape index (κ3) is 2.90. The summed E-state index contributed by atoms with van der Waals surface area (Å²) in [5, 5.41) is 17.9. The van der Waals surface area contributed by atoms with E-state index in [1.807, 2.05) is 6.92 Å². The summed E-state index contributed by atoms with van der Waals surface area (Å²) in [6, 6.07) is 0.297. The number of rotatable bonds is 5. The first-order valence-electron chi connectivity index (χ1n) is 6.99. The molecule has 1 fully saturated rings. The van der Waals surface area contributed by atoms with E-state index in [1.165, 1.54) is 12.8 Å². The standard InChI is InChI=1S/C13H24N4O/c1-3-7-17-11(2)14-15-13(17)9-16-8-5-4-6-12(16)10-18/h12,18H,3-10H2,1-2H3/t12-/m1/s1. The van der Waals surface area contributed by atoms with E-state index in [0.29, 0.717) is 6.04 Å². The van der Waals surface area contributed by atoms with Gasteiger partial charge in [0.1, 0.15) is 11.6 Å².